The van der Waals surface area contributed by atoms with Gasteiger partial charge in [0, 0.05) is 44.6 Å². The fourth-order valence-corrected chi connectivity index (χ4v) is 4.11. The van der Waals surface area contributed by atoms with Crippen molar-refractivity contribution in [3.63, 3.8) is 0 Å². The summed E-state index contributed by atoms with van der Waals surface area (Å²) in [6.07, 6.45) is 10.6. The third-order valence-electron chi connectivity index (χ3n) is 5.55. The van der Waals surface area contributed by atoms with Gasteiger partial charge in [-0.3, -0.25) is 9.69 Å². The van der Waals surface area contributed by atoms with Crippen LogP contribution in [0.5, 0.6) is 0 Å². The molecule has 3 rings (SSSR count). The lowest BCUT2D eigenvalue weighted by Crippen LogP contribution is -2.47. The summed E-state index contributed by atoms with van der Waals surface area (Å²) in [4.78, 5) is 25.9. The topological polar surface area (TPSA) is 61.4 Å². The molecule has 2 aliphatic heterocycles. The standard InChI is InChI=1S/C19H31N5O/c1-2-17-8-3-4-12-23(17)14-11-20-18(25)16-7-5-13-24(15-16)19-21-9-6-10-22-19/h6,9-10,16-17H,2-5,7-8,11-15H2,1H3,(H,20,25)/t16-,17+/m1/s1. The highest BCUT2D eigenvalue weighted by Gasteiger charge is 2.27. The number of nitrogens with zero attached hydrogens (tertiary/aromatic N) is 4. The van der Waals surface area contributed by atoms with Gasteiger partial charge in [0.05, 0.1) is 5.92 Å². The molecule has 0 unspecified atom stereocenters. The van der Waals surface area contributed by atoms with Crippen LogP contribution in [-0.2, 0) is 4.79 Å². The summed E-state index contributed by atoms with van der Waals surface area (Å²) in [7, 11) is 0. The van der Waals surface area contributed by atoms with Gasteiger partial charge < -0.3 is 10.2 Å². The molecule has 1 aromatic heterocycles. The highest BCUT2D eigenvalue weighted by molar-refractivity contribution is 5.79. The number of likely N-dealkylation sites (tertiary alicyclic amines) is 1. The Morgan fingerprint density at radius 2 is 2.04 bits per heavy atom. The average molecular weight is 345 g/mol. The van der Waals surface area contributed by atoms with Crippen LogP contribution >= 0.6 is 0 Å². The van der Waals surface area contributed by atoms with Crippen LogP contribution in [0.4, 0.5) is 5.95 Å². The number of nitrogens with one attached hydrogen (secondary N) is 1. The summed E-state index contributed by atoms with van der Waals surface area (Å²) >= 11 is 0. The van der Waals surface area contributed by atoms with E-state index in [1.807, 2.05) is 6.07 Å². The first-order valence-electron chi connectivity index (χ1n) is 9.81. The molecule has 2 atom stereocenters. The van der Waals surface area contributed by atoms with E-state index in [-0.39, 0.29) is 11.8 Å². The maximum Gasteiger partial charge on any atom is 0.225 e. The zero-order valence-electron chi connectivity index (χ0n) is 15.4. The molecule has 0 spiro atoms. The van der Waals surface area contributed by atoms with Gasteiger partial charge in [-0.05, 0) is 44.7 Å². The second-order valence-corrected chi connectivity index (χ2v) is 7.22. The number of anilines is 1. The quantitative estimate of drug-likeness (QED) is 0.855. The Morgan fingerprint density at radius 1 is 1.20 bits per heavy atom. The van der Waals surface area contributed by atoms with E-state index in [4.69, 9.17) is 0 Å². The van der Waals surface area contributed by atoms with Crippen molar-refractivity contribution < 1.29 is 4.79 Å². The van der Waals surface area contributed by atoms with Gasteiger partial charge in [0.2, 0.25) is 11.9 Å². The summed E-state index contributed by atoms with van der Waals surface area (Å²) in [5.41, 5.74) is 0. The van der Waals surface area contributed by atoms with Gasteiger partial charge >= 0.3 is 0 Å². The number of carbonyl (C=O) groups is 1. The van der Waals surface area contributed by atoms with Gasteiger partial charge in [0.15, 0.2) is 0 Å². The fraction of sp³-hybridized carbons (Fsp3) is 0.737. The number of hydrogen-bond donors (Lipinski definition) is 1. The van der Waals surface area contributed by atoms with E-state index in [0.717, 1.165) is 45.0 Å². The molecule has 0 aliphatic carbocycles. The van der Waals surface area contributed by atoms with Gasteiger partial charge in [-0.25, -0.2) is 9.97 Å². The molecule has 138 valence electrons. The van der Waals surface area contributed by atoms with Crippen LogP contribution in [0.1, 0.15) is 45.4 Å². The van der Waals surface area contributed by atoms with E-state index in [1.165, 1.54) is 32.2 Å². The second kappa shape index (κ2) is 9.13. The Kier molecular flexibility index (Phi) is 6.62. The maximum atomic E-state index is 12.6. The van der Waals surface area contributed by atoms with Crippen LogP contribution in [0.15, 0.2) is 18.5 Å². The maximum absolute atomic E-state index is 12.6. The summed E-state index contributed by atoms with van der Waals surface area (Å²) in [5.74, 6) is 0.964. The molecule has 1 N–H and O–H groups in total. The Bertz CT molecular complexity index is 538. The lowest BCUT2D eigenvalue weighted by atomic mass is 9.97. The molecule has 3 heterocycles. The van der Waals surface area contributed by atoms with Crippen molar-refractivity contribution in [3.8, 4) is 0 Å². The number of rotatable bonds is 6. The third-order valence-corrected chi connectivity index (χ3v) is 5.55. The van der Waals surface area contributed by atoms with Crippen LogP contribution in [0.25, 0.3) is 0 Å². The van der Waals surface area contributed by atoms with E-state index >= 15 is 0 Å². The lowest BCUT2D eigenvalue weighted by Gasteiger charge is -2.35. The molecule has 0 radical (unpaired) electrons. The van der Waals surface area contributed by atoms with Crippen molar-refractivity contribution in [1.82, 2.24) is 20.2 Å². The second-order valence-electron chi connectivity index (χ2n) is 7.22. The first kappa shape index (κ1) is 18.1. The van der Waals surface area contributed by atoms with Crippen LogP contribution in [0.2, 0.25) is 0 Å². The van der Waals surface area contributed by atoms with E-state index in [0.29, 0.717) is 6.04 Å². The Hall–Kier alpha value is -1.69. The van der Waals surface area contributed by atoms with E-state index in [2.05, 4.69) is 32.0 Å². The molecule has 2 aliphatic rings. The van der Waals surface area contributed by atoms with Gasteiger partial charge in [-0.15, -0.1) is 0 Å². The zero-order chi connectivity index (χ0) is 17.5. The fourth-order valence-electron chi connectivity index (χ4n) is 4.11. The van der Waals surface area contributed by atoms with Gasteiger partial charge in [0.25, 0.3) is 0 Å². The molecular weight excluding hydrogens is 314 g/mol. The summed E-state index contributed by atoms with van der Waals surface area (Å²) < 4.78 is 0. The lowest BCUT2D eigenvalue weighted by molar-refractivity contribution is -0.125. The summed E-state index contributed by atoms with van der Waals surface area (Å²) in [6.45, 7) is 6.83. The van der Waals surface area contributed by atoms with Crippen LogP contribution < -0.4 is 10.2 Å². The van der Waals surface area contributed by atoms with Crippen molar-refractivity contribution in [2.45, 2.75) is 51.5 Å². The smallest absolute Gasteiger partial charge is 0.225 e. The highest BCUT2D eigenvalue weighted by Crippen LogP contribution is 2.21. The Labute approximate surface area is 151 Å². The summed E-state index contributed by atoms with van der Waals surface area (Å²) in [5, 5.41) is 3.17. The minimum atomic E-state index is 0.0425. The Morgan fingerprint density at radius 3 is 2.84 bits per heavy atom. The van der Waals surface area contributed by atoms with Crippen molar-refractivity contribution in [1.29, 1.82) is 0 Å². The van der Waals surface area contributed by atoms with Crippen molar-refractivity contribution in [2.75, 3.05) is 37.6 Å². The van der Waals surface area contributed by atoms with Crippen molar-refractivity contribution in [2.24, 2.45) is 5.92 Å². The zero-order valence-corrected chi connectivity index (χ0v) is 15.4. The predicted octanol–water partition coefficient (Wildman–Crippen LogP) is 2.07. The van der Waals surface area contributed by atoms with Gasteiger partial charge in [-0.2, -0.15) is 0 Å². The third kappa shape index (κ3) is 4.91. The number of aromatic nitrogens is 2. The molecule has 1 aromatic rings. The van der Waals surface area contributed by atoms with Crippen LogP contribution in [0.3, 0.4) is 0 Å². The number of piperidine rings is 2. The van der Waals surface area contributed by atoms with E-state index < -0.39 is 0 Å². The highest BCUT2D eigenvalue weighted by atomic mass is 16.1. The molecule has 1 amide bonds. The SMILES string of the molecule is CC[C@H]1CCCCN1CCNC(=O)[C@@H]1CCCN(c2ncccn2)C1. The van der Waals surface area contributed by atoms with Crippen molar-refractivity contribution >= 4 is 11.9 Å². The molecule has 0 bridgehead atoms. The minimum absolute atomic E-state index is 0.0425. The molecular formula is C19H31N5O. The number of amides is 1. The molecule has 0 aromatic carbocycles. The minimum Gasteiger partial charge on any atom is -0.355 e. The van der Waals surface area contributed by atoms with Crippen molar-refractivity contribution in [3.05, 3.63) is 18.5 Å². The van der Waals surface area contributed by atoms with Gasteiger partial charge in [0.1, 0.15) is 0 Å². The molecule has 6 nitrogen and oxygen atoms in total. The molecule has 2 fully saturated rings. The molecule has 25 heavy (non-hydrogen) atoms. The number of carbonyl (C=O) groups excluding carboxylic acids is 1. The Balaban J connectivity index is 1.44. The van der Waals surface area contributed by atoms with Crippen LogP contribution in [-0.4, -0.2) is 59.5 Å². The summed E-state index contributed by atoms with van der Waals surface area (Å²) in [6, 6.07) is 2.52. The largest absolute Gasteiger partial charge is 0.355 e. The first-order chi connectivity index (χ1) is 12.3. The average Bonchev–Trinajstić information content (AvgIpc) is 2.69. The van der Waals surface area contributed by atoms with E-state index in [1.54, 1.807) is 12.4 Å². The van der Waals surface area contributed by atoms with Crippen LogP contribution in [0, 0.1) is 5.92 Å². The molecule has 0 saturated carbocycles. The molecule has 2 saturated heterocycles. The predicted molar refractivity (Wildman–Crippen MR) is 99.5 cm³/mol. The first-order valence-corrected chi connectivity index (χ1v) is 9.81. The van der Waals surface area contributed by atoms with E-state index in [9.17, 15) is 4.79 Å². The number of hydrogen-bond acceptors (Lipinski definition) is 5. The normalized spacial score (nSPS) is 24.9. The van der Waals surface area contributed by atoms with Gasteiger partial charge in [-0.1, -0.05) is 13.3 Å². The molecule has 6 heteroatoms. The monoisotopic (exact) mass is 345 g/mol.